The number of hydrogen-bond acceptors (Lipinski definition) is 5. The lowest BCUT2D eigenvalue weighted by Crippen LogP contribution is -2.39. The van der Waals surface area contributed by atoms with E-state index in [0.717, 1.165) is 11.8 Å². The zero-order chi connectivity index (χ0) is 18.2. The molecule has 0 radical (unpaired) electrons. The van der Waals surface area contributed by atoms with Crippen LogP contribution >= 0.6 is 0 Å². The van der Waals surface area contributed by atoms with Crippen LogP contribution in [0.3, 0.4) is 0 Å². The molecule has 0 aliphatic carbocycles. The van der Waals surface area contributed by atoms with Crippen LogP contribution in [-0.2, 0) is 14.3 Å². The molecule has 0 bridgehead atoms. The highest BCUT2D eigenvalue weighted by atomic mass is 32.2. The van der Waals surface area contributed by atoms with Gasteiger partial charge in [0.2, 0.25) is 5.78 Å². The van der Waals surface area contributed by atoms with Crippen molar-refractivity contribution in [2.45, 2.75) is 32.0 Å². The largest absolute Gasteiger partial charge is 0.482 e. The molecule has 1 aliphatic heterocycles. The summed E-state index contributed by atoms with van der Waals surface area (Å²) in [5.74, 6) is 0.399. The summed E-state index contributed by atoms with van der Waals surface area (Å²) >= 11 is 0. The third-order valence-electron chi connectivity index (χ3n) is 4.15. The van der Waals surface area contributed by atoms with Gasteiger partial charge in [0.1, 0.15) is 5.75 Å². The second-order valence-corrected chi connectivity index (χ2v) is 8.04. The van der Waals surface area contributed by atoms with Crippen LogP contribution in [0.5, 0.6) is 5.75 Å². The molecule has 5 nitrogen and oxygen atoms in total. The van der Waals surface area contributed by atoms with Gasteiger partial charge in [-0.3, -0.25) is 8.98 Å². The summed E-state index contributed by atoms with van der Waals surface area (Å²) in [4.78, 5) is 12.8. The van der Waals surface area contributed by atoms with E-state index in [1.807, 2.05) is 24.3 Å². The van der Waals surface area contributed by atoms with E-state index in [0.29, 0.717) is 22.8 Å². The van der Waals surface area contributed by atoms with Crippen molar-refractivity contribution in [2.24, 2.45) is 0 Å². The summed E-state index contributed by atoms with van der Waals surface area (Å²) in [6.45, 7) is 4.17. The fraction of sp³-hybridized carbons (Fsp3) is 0.316. The number of rotatable bonds is 4. The van der Waals surface area contributed by atoms with Gasteiger partial charge in [-0.25, -0.2) is 0 Å². The molecule has 0 saturated carbocycles. The van der Waals surface area contributed by atoms with Gasteiger partial charge in [-0.05, 0) is 29.2 Å². The van der Waals surface area contributed by atoms with E-state index in [-0.39, 0.29) is 0 Å². The molecule has 0 saturated heterocycles. The molecule has 3 rings (SSSR count). The highest BCUT2D eigenvalue weighted by Crippen LogP contribution is 2.37. The minimum absolute atomic E-state index is 0.325. The maximum absolute atomic E-state index is 12.8. The normalized spacial score (nSPS) is 20.2. The summed E-state index contributed by atoms with van der Waals surface area (Å²) in [5, 5.41) is 0. The Morgan fingerprint density at radius 1 is 1.04 bits per heavy atom. The van der Waals surface area contributed by atoms with E-state index in [9.17, 15) is 13.2 Å². The average molecular weight is 360 g/mol. The number of fused-ring (bicyclic) bond motifs is 1. The number of ketones is 1. The number of carbonyl (C=O) groups is 1. The minimum Gasteiger partial charge on any atom is -0.482 e. The van der Waals surface area contributed by atoms with Crippen LogP contribution < -0.4 is 4.74 Å². The molecular weight excluding hydrogens is 340 g/mol. The molecule has 0 spiro atoms. The number of carbonyl (C=O) groups excluding carboxylic acids is 1. The lowest BCUT2D eigenvalue weighted by Gasteiger charge is -2.32. The van der Waals surface area contributed by atoms with Crippen LogP contribution in [0.25, 0.3) is 0 Å². The van der Waals surface area contributed by atoms with Gasteiger partial charge in [-0.2, -0.15) is 8.42 Å². The standard InChI is InChI=1S/C19H20O5S/c1-12(2)13-8-10-14(11-9-13)18-19(24-25(3,21)22)17(20)15-6-4-5-7-16(15)23-18/h4-12,18-19H,1-3H3. The molecule has 0 N–H and O–H groups in total. The van der Waals surface area contributed by atoms with Gasteiger partial charge >= 0.3 is 0 Å². The second-order valence-electron chi connectivity index (χ2n) is 6.44. The molecule has 2 atom stereocenters. The van der Waals surface area contributed by atoms with Crippen LogP contribution in [0, 0.1) is 0 Å². The Morgan fingerprint density at radius 3 is 2.28 bits per heavy atom. The van der Waals surface area contributed by atoms with Crippen molar-refractivity contribution in [2.75, 3.05) is 6.26 Å². The first kappa shape index (κ1) is 17.6. The monoisotopic (exact) mass is 360 g/mol. The Kier molecular flexibility index (Phi) is 4.67. The lowest BCUT2D eigenvalue weighted by molar-refractivity contribution is 0.0347. The second kappa shape index (κ2) is 6.61. The molecule has 0 amide bonds. The SMILES string of the molecule is CC(C)c1ccc(C2Oc3ccccc3C(=O)C2OS(C)(=O)=O)cc1. The van der Waals surface area contributed by atoms with E-state index in [1.165, 1.54) is 0 Å². The molecular formula is C19H20O5S. The molecule has 2 aromatic carbocycles. The predicted octanol–water partition coefficient (Wildman–Crippen LogP) is 3.47. The summed E-state index contributed by atoms with van der Waals surface area (Å²) in [7, 11) is -3.82. The predicted molar refractivity (Wildman–Crippen MR) is 94.4 cm³/mol. The van der Waals surface area contributed by atoms with Gasteiger partial charge < -0.3 is 4.74 Å². The van der Waals surface area contributed by atoms with Crippen molar-refractivity contribution < 1.29 is 22.1 Å². The molecule has 25 heavy (non-hydrogen) atoms. The van der Waals surface area contributed by atoms with Gasteiger partial charge in [0.15, 0.2) is 12.2 Å². The van der Waals surface area contributed by atoms with Crippen LogP contribution in [-0.4, -0.2) is 26.6 Å². The van der Waals surface area contributed by atoms with Crippen molar-refractivity contribution in [3.8, 4) is 5.75 Å². The summed E-state index contributed by atoms with van der Waals surface area (Å²) in [6.07, 6.45) is -1.13. The van der Waals surface area contributed by atoms with Crippen molar-refractivity contribution in [3.63, 3.8) is 0 Å². The van der Waals surface area contributed by atoms with E-state index in [4.69, 9.17) is 8.92 Å². The smallest absolute Gasteiger partial charge is 0.265 e. The van der Waals surface area contributed by atoms with Crippen molar-refractivity contribution in [1.82, 2.24) is 0 Å². The van der Waals surface area contributed by atoms with Crippen LogP contribution in [0.15, 0.2) is 48.5 Å². The molecule has 132 valence electrons. The van der Waals surface area contributed by atoms with Gasteiger partial charge in [-0.1, -0.05) is 50.2 Å². The quantitative estimate of drug-likeness (QED) is 0.781. The number of Topliss-reactive ketones (excluding diaryl/α,β-unsaturated/α-hetero) is 1. The van der Waals surface area contributed by atoms with Gasteiger partial charge in [0, 0.05) is 0 Å². The topological polar surface area (TPSA) is 69.7 Å². The first-order valence-corrected chi connectivity index (χ1v) is 9.86. The first-order chi connectivity index (χ1) is 11.8. The van der Waals surface area contributed by atoms with Gasteiger partial charge in [0.05, 0.1) is 11.8 Å². The molecule has 1 aliphatic rings. The first-order valence-electron chi connectivity index (χ1n) is 8.04. The van der Waals surface area contributed by atoms with Gasteiger partial charge in [-0.15, -0.1) is 0 Å². The van der Waals surface area contributed by atoms with E-state index < -0.39 is 28.1 Å². The van der Waals surface area contributed by atoms with E-state index in [2.05, 4.69) is 13.8 Å². The highest BCUT2D eigenvalue weighted by molar-refractivity contribution is 7.86. The van der Waals surface area contributed by atoms with Gasteiger partial charge in [0.25, 0.3) is 10.1 Å². The maximum atomic E-state index is 12.8. The van der Waals surface area contributed by atoms with Crippen LogP contribution in [0.4, 0.5) is 0 Å². The van der Waals surface area contributed by atoms with Crippen molar-refractivity contribution >= 4 is 15.9 Å². The molecule has 2 unspecified atom stereocenters. The number of hydrogen-bond donors (Lipinski definition) is 0. The van der Waals surface area contributed by atoms with Crippen molar-refractivity contribution in [1.29, 1.82) is 0 Å². The molecule has 6 heteroatoms. The minimum atomic E-state index is -3.82. The maximum Gasteiger partial charge on any atom is 0.265 e. The zero-order valence-electron chi connectivity index (χ0n) is 14.3. The van der Waals surface area contributed by atoms with Crippen molar-refractivity contribution in [3.05, 3.63) is 65.2 Å². The van der Waals surface area contributed by atoms with Crippen LogP contribution in [0.2, 0.25) is 0 Å². The van der Waals surface area contributed by atoms with E-state index in [1.54, 1.807) is 24.3 Å². The third kappa shape index (κ3) is 3.75. The van der Waals surface area contributed by atoms with E-state index >= 15 is 0 Å². The number of ether oxygens (including phenoxy) is 1. The molecule has 2 aromatic rings. The molecule has 1 heterocycles. The Morgan fingerprint density at radius 2 is 1.68 bits per heavy atom. The lowest BCUT2D eigenvalue weighted by atomic mass is 9.92. The summed E-state index contributed by atoms with van der Waals surface area (Å²) < 4.78 is 34.3. The number of para-hydroxylation sites is 1. The van der Waals surface area contributed by atoms with Crippen LogP contribution in [0.1, 0.15) is 47.4 Å². The average Bonchev–Trinajstić information content (AvgIpc) is 2.56. The fourth-order valence-corrected chi connectivity index (χ4v) is 3.42. The summed E-state index contributed by atoms with van der Waals surface area (Å²) in [5.41, 5.74) is 2.17. The Bertz CT molecular complexity index is 884. The molecule has 0 fully saturated rings. The Labute approximate surface area is 147 Å². The highest BCUT2D eigenvalue weighted by Gasteiger charge is 2.41. The number of benzene rings is 2. The fourth-order valence-electron chi connectivity index (χ4n) is 2.86. The molecule has 0 aromatic heterocycles. The Balaban J connectivity index is 2.03. The third-order valence-corrected chi connectivity index (χ3v) is 4.71. The summed E-state index contributed by atoms with van der Waals surface area (Å²) in [6, 6.07) is 14.4. The zero-order valence-corrected chi connectivity index (χ0v) is 15.1. The Hall–Kier alpha value is -2.18.